The third-order valence-corrected chi connectivity index (χ3v) is 10.3. The summed E-state index contributed by atoms with van der Waals surface area (Å²) in [5, 5.41) is 0. The Hall–Kier alpha value is -2.76. The molecular formula is C29H29F8NO2S. The van der Waals surface area contributed by atoms with Crippen molar-refractivity contribution in [1.82, 2.24) is 4.90 Å². The minimum atomic E-state index is -6.28. The molecule has 4 rings (SSSR count). The molecule has 1 saturated heterocycles. The third kappa shape index (κ3) is 5.44. The van der Waals surface area contributed by atoms with Crippen molar-refractivity contribution < 1.29 is 44.1 Å². The zero-order valence-corrected chi connectivity index (χ0v) is 22.8. The fourth-order valence-corrected chi connectivity index (χ4v) is 7.80. The lowest BCUT2D eigenvalue weighted by Gasteiger charge is -2.39. The first kappa shape index (κ1) is 31.2. The molecule has 2 atom stereocenters. The molecular weight excluding hydrogens is 578 g/mol. The number of nitrogens with zero attached hydrogens (tertiary/aromatic N) is 1. The maximum absolute atomic E-state index is 14.7. The Balaban J connectivity index is 1.77. The highest BCUT2D eigenvalue weighted by atomic mass is 32.2. The third-order valence-electron chi connectivity index (χ3n) is 8.29. The molecule has 2 aliphatic rings. The van der Waals surface area contributed by atoms with Gasteiger partial charge in [-0.15, -0.1) is 6.58 Å². The van der Waals surface area contributed by atoms with Crippen molar-refractivity contribution in [1.29, 1.82) is 0 Å². The van der Waals surface area contributed by atoms with Crippen LogP contribution in [0.2, 0.25) is 0 Å². The van der Waals surface area contributed by atoms with E-state index in [2.05, 4.69) is 6.58 Å². The first-order chi connectivity index (χ1) is 19.1. The Morgan fingerprint density at radius 2 is 1.44 bits per heavy atom. The molecule has 1 aliphatic carbocycles. The molecule has 1 unspecified atom stereocenters. The molecule has 0 bridgehead atoms. The molecule has 1 amide bonds. The van der Waals surface area contributed by atoms with E-state index in [1.807, 2.05) is 0 Å². The van der Waals surface area contributed by atoms with Crippen LogP contribution in [0, 0.1) is 11.2 Å². The number of benzene rings is 2. The fraction of sp³-hybridized carbons (Fsp3) is 0.483. The summed E-state index contributed by atoms with van der Waals surface area (Å²) in [5.74, 6) is -0.779. The van der Waals surface area contributed by atoms with Gasteiger partial charge in [-0.05, 0) is 55.5 Å². The molecule has 1 aliphatic heterocycles. The van der Waals surface area contributed by atoms with Crippen LogP contribution in [-0.2, 0) is 26.0 Å². The van der Waals surface area contributed by atoms with Gasteiger partial charge >= 0.3 is 18.0 Å². The average molecular weight is 608 g/mol. The van der Waals surface area contributed by atoms with Gasteiger partial charge in [-0.1, -0.05) is 49.6 Å². The van der Waals surface area contributed by atoms with Crippen molar-refractivity contribution in [3.63, 3.8) is 0 Å². The summed E-state index contributed by atoms with van der Waals surface area (Å²) >= 11 is 0. The Morgan fingerprint density at radius 3 is 1.95 bits per heavy atom. The summed E-state index contributed by atoms with van der Waals surface area (Å²) in [5.41, 5.74) is -7.91. The lowest BCUT2D eigenvalue weighted by atomic mass is 9.71. The topological polar surface area (TPSA) is 37.4 Å². The normalized spacial score (nSPS) is 22.4. The molecule has 41 heavy (non-hydrogen) atoms. The number of halogens is 8. The smallest absolute Gasteiger partial charge is 0.340 e. The highest BCUT2D eigenvalue weighted by molar-refractivity contribution is 7.86. The van der Waals surface area contributed by atoms with Gasteiger partial charge in [0.2, 0.25) is 5.91 Å². The van der Waals surface area contributed by atoms with Crippen LogP contribution in [0.1, 0.15) is 56.1 Å². The minimum absolute atomic E-state index is 0.0611. The summed E-state index contributed by atoms with van der Waals surface area (Å²) in [6, 6.07) is 7.28. The van der Waals surface area contributed by atoms with Crippen molar-refractivity contribution in [2.75, 3.05) is 13.1 Å². The number of allylic oxidation sites excluding steroid dienone is 1. The predicted molar refractivity (Wildman–Crippen MR) is 137 cm³/mol. The number of carbonyl (C=O) groups excluding carboxylic acids is 1. The van der Waals surface area contributed by atoms with Gasteiger partial charge in [0.1, 0.15) is 5.82 Å². The van der Waals surface area contributed by atoms with E-state index >= 15 is 0 Å². The van der Waals surface area contributed by atoms with Crippen molar-refractivity contribution in [3.8, 4) is 0 Å². The Bertz CT molecular complexity index is 1270. The van der Waals surface area contributed by atoms with Gasteiger partial charge < -0.3 is 4.90 Å². The lowest BCUT2D eigenvalue weighted by Crippen LogP contribution is -2.50. The molecule has 12 heteroatoms. The molecule has 0 radical (unpaired) electrons. The van der Waals surface area contributed by atoms with Crippen LogP contribution in [0.15, 0.2) is 66.1 Å². The zero-order valence-electron chi connectivity index (χ0n) is 22.0. The summed E-state index contributed by atoms with van der Waals surface area (Å²) < 4.78 is 121. The van der Waals surface area contributed by atoms with Crippen LogP contribution in [0.25, 0.3) is 0 Å². The molecule has 2 fully saturated rings. The number of likely N-dealkylation sites (tertiary alicyclic amines) is 1. The average Bonchev–Trinajstić information content (AvgIpc) is 3.38. The number of rotatable bonds is 7. The number of hydrogen-bond donors (Lipinski definition) is 0. The van der Waals surface area contributed by atoms with Crippen molar-refractivity contribution in [3.05, 3.63) is 78.1 Å². The van der Waals surface area contributed by atoms with Gasteiger partial charge in [-0.2, -0.15) is 26.3 Å². The molecule has 1 heterocycles. The minimum Gasteiger partial charge on any atom is -0.340 e. The van der Waals surface area contributed by atoms with E-state index < -0.39 is 50.4 Å². The van der Waals surface area contributed by atoms with Gasteiger partial charge in [0, 0.05) is 23.5 Å². The number of alkyl halides is 7. The van der Waals surface area contributed by atoms with E-state index in [1.165, 1.54) is 17.0 Å². The summed E-state index contributed by atoms with van der Waals surface area (Å²) in [4.78, 5) is 15.6. The summed E-state index contributed by atoms with van der Waals surface area (Å²) in [6.45, 7) is 3.77. The highest BCUT2D eigenvalue weighted by Crippen LogP contribution is 2.54. The van der Waals surface area contributed by atoms with Gasteiger partial charge in [0.15, 0.2) is 0 Å². The first-order valence-corrected chi connectivity index (χ1v) is 14.3. The predicted octanol–water partition coefficient (Wildman–Crippen LogP) is 7.88. The van der Waals surface area contributed by atoms with Gasteiger partial charge in [-0.3, -0.25) is 9.00 Å². The molecule has 2 aromatic carbocycles. The van der Waals surface area contributed by atoms with Crippen LogP contribution in [0.4, 0.5) is 35.1 Å². The van der Waals surface area contributed by atoms with Gasteiger partial charge in [-0.25, -0.2) is 8.78 Å². The number of amides is 1. The molecule has 0 aromatic heterocycles. The van der Waals surface area contributed by atoms with E-state index in [0.717, 1.165) is 43.5 Å². The largest absolute Gasteiger partial charge is 0.435 e. The summed E-state index contributed by atoms with van der Waals surface area (Å²) in [7, 11) is -2.02. The molecule has 0 spiro atoms. The Morgan fingerprint density at radius 1 is 0.878 bits per heavy atom. The standard InChI is InChI=1S/C29H29F8NO2S/c1-2-14-25(15-4-3-5-16-25)24(39)38-18-17-26(19-38,41(40)23-12-10-22(30)11-13-23)20-6-8-21(9-7-20)27(31,28(32,33)34)29(35,36)37/h2,6-13H,1,3-5,14-19H2/t26-,41?/m0/s1. The highest BCUT2D eigenvalue weighted by Gasteiger charge is 2.73. The molecule has 3 nitrogen and oxygen atoms in total. The van der Waals surface area contributed by atoms with E-state index in [1.54, 1.807) is 6.08 Å². The van der Waals surface area contributed by atoms with E-state index in [4.69, 9.17) is 0 Å². The van der Waals surface area contributed by atoms with Crippen LogP contribution >= 0.6 is 0 Å². The Labute approximate surface area is 235 Å². The van der Waals surface area contributed by atoms with E-state index in [9.17, 15) is 44.1 Å². The quantitative estimate of drug-likeness (QED) is 0.237. The SMILES string of the molecule is C=CCC1(C(=O)N2CC[C@](c3ccc(C(F)(C(F)(F)F)C(F)(F)F)cc3)(S(=O)c3ccc(F)cc3)C2)CCCCC1. The van der Waals surface area contributed by atoms with E-state index in [0.29, 0.717) is 31.4 Å². The van der Waals surface area contributed by atoms with Crippen LogP contribution in [-0.4, -0.2) is 40.5 Å². The number of hydrogen-bond acceptors (Lipinski definition) is 2. The van der Waals surface area contributed by atoms with Crippen LogP contribution < -0.4 is 0 Å². The second kappa shape index (κ2) is 11.1. The second-order valence-electron chi connectivity index (χ2n) is 10.8. The zero-order chi connectivity index (χ0) is 30.3. The maximum Gasteiger partial charge on any atom is 0.435 e. The van der Waals surface area contributed by atoms with Crippen LogP contribution in [0.3, 0.4) is 0 Å². The summed E-state index contributed by atoms with van der Waals surface area (Å²) in [6.07, 6.45) is -6.49. The Kier molecular flexibility index (Phi) is 8.48. The van der Waals surface area contributed by atoms with Gasteiger partial charge in [0.25, 0.3) is 0 Å². The second-order valence-corrected chi connectivity index (χ2v) is 12.5. The van der Waals surface area contributed by atoms with Crippen molar-refractivity contribution in [2.24, 2.45) is 5.41 Å². The van der Waals surface area contributed by atoms with Crippen molar-refractivity contribution >= 4 is 16.7 Å². The van der Waals surface area contributed by atoms with E-state index in [-0.39, 0.29) is 35.9 Å². The lowest BCUT2D eigenvalue weighted by molar-refractivity contribution is -0.348. The molecule has 224 valence electrons. The van der Waals surface area contributed by atoms with Gasteiger partial charge in [0.05, 0.1) is 21.0 Å². The fourth-order valence-electron chi connectivity index (χ4n) is 6.07. The van der Waals surface area contributed by atoms with Crippen molar-refractivity contribution in [2.45, 2.75) is 72.6 Å². The number of carbonyl (C=O) groups is 1. The monoisotopic (exact) mass is 607 g/mol. The molecule has 0 N–H and O–H groups in total. The molecule has 1 saturated carbocycles. The molecule has 2 aromatic rings. The first-order valence-electron chi connectivity index (χ1n) is 13.1. The maximum atomic E-state index is 14.7. The van der Waals surface area contributed by atoms with Crippen LogP contribution in [0.5, 0.6) is 0 Å².